The first-order valence-electron chi connectivity index (χ1n) is 0. The third kappa shape index (κ3) is 78.9. The molecule has 0 amide bonds. The van der Waals surface area contributed by atoms with E-state index in [1.807, 2.05) is 0 Å². The average Bonchev–Trinajstić information content (AvgIpc) is 0. The first-order chi connectivity index (χ1) is 0. The molecule has 0 saturated heterocycles. The van der Waals surface area contributed by atoms with Crippen LogP contribution in [0.25, 0.3) is 0 Å². The van der Waals surface area contributed by atoms with Crippen LogP contribution in [-0.2, 0) is 33.3 Å². The van der Waals surface area contributed by atoms with Crippen LogP contribution in [0.2, 0.25) is 0 Å². The summed E-state index contributed by atoms with van der Waals surface area (Å²) in [6, 6.07) is 0. The van der Waals surface area contributed by atoms with E-state index >= 15 is 0 Å². The van der Waals surface area contributed by atoms with Gasteiger partial charge in [0.1, 0.15) is 0 Å². The van der Waals surface area contributed by atoms with Gasteiger partial charge in [-0.3, -0.25) is 0 Å². The minimum absolute atomic E-state index is 0. The van der Waals surface area contributed by atoms with Crippen LogP contribution in [0.3, 0.4) is 0 Å². The van der Waals surface area contributed by atoms with Crippen molar-refractivity contribution in [3.63, 3.8) is 0 Å². The van der Waals surface area contributed by atoms with E-state index in [0.717, 1.165) is 0 Å². The Hall–Kier alpha value is 1.01. The number of rotatable bonds is 0. The Labute approximate surface area is 54.7 Å². The summed E-state index contributed by atoms with van der Waals surface area (Å²) < 4.78 is 0. The fourth-order valence-electron chi connectivity index (χ4n) is 0. The van der Waals surface area contributed by atoms with E-state index in [1.165, 1.54) is 0 Å². The van der Waals surface area contributed by atoms with Crippen molar-refractivity contribution >= 4 is 9.90 Å². The summed E-state index contributed by atoms with van der Waals surface area (Å²) in [4.78, 5) is 0. The summed E-state index contributed by atoms with van der Waals surface area (Å²) in [5, 5.41) is 0. The van der Waals surface area contributed by atoms with Gasteiger partial charge in [-0.15, -0.1) is 0 Å². The summed E-state index contributed by atoms with van der Waals surface area (Å²) >= 11 is 0. The van der Waals surface area contributed by atoms with Crippen LogP contribution >= 0.6 is 9.90 Å². The van der Waals surface area contributed by atoms with E-state index in [4.69, 9.17) is 0 Å². The maximum atomic E-state index is 0. The second kappa shape index (κ2) is 148. The van der Waals surface area contributed by atoms with Gasteiger partial charge in [-0.05, 0) is 0 Å². The van der Waals surface area contributed by atoms with Gasteiger partial charge in [0.05, 0.1) is 0 Å². The van der Waals surface area contributed by atoms with E-state index in [2.05, 4.69) is 0 Å². The van der Waals surface area contributed by atoms with Crippen LogP contribution in [0.15, 0.2) is 0 Å². The first-order valence-corrected chi connectivity index (χ1v) is 0. The second-order valence-electron chi connectivity index (χ2n) is 0. The van der Waals surface area contributed by atoms with Crippen molar-refractivity contribution in [3.05, 3.63) is 0 Å². The van der Waals surface area contributed by atoms with Crippen molar-refractivity contribution in [2.24, 2.45) is 0 Å². The molecule has 0 aromatic carbocycles. The van der Waals surface area contributed by atoms with Gasteiger partial charge in [-0.1, -0.05) is 0 Å². The van der Waals surface area contributed by atoms with Crippen LogP contribution in [0.4, 0.5) is 0 Å². The second-order valence-corrected chi connectivity index (χ2v) is 0. The van der Waals surface area contributed by atoms with Gasteiger partial charge >= 0.3 is 22.4 Å². The molecule has 0 bridgehead atoms. The zero-order chi connectivity index (χ0) is 0. The average molecular weight is 282 g/mol. The SMILES string of the molecule is O.P.[O-2].[O-2].[OH-].[Ta+5]. The van der Waals surface area contributed by atoms with Crippen molar-refractivity contribution in [1.29, 1.82) is 0 Å². The van der Waals surface area contributed by atoms with E-state index in [9.17, 15) is 0 Å². The normalized spacial score (nSPS) is 0. The topological polar surface area (TPSA) is 118 Å². The van der Waals surface area contributed by atoms with E-state index in [0.29, 0.717) is 0 Å². The molecule has 0 fully saturated rings. The van der Waals surface area contributed by atoms with Gasteiger partial charge in [0, 0.05) is 0 Å². The molecule has 6 heteroatoms. The molecule has 0 spiro atoms. The minimum atomic E-state index is 0. The molecular weight excluding hydrogens is 276 g/mol. The van der Waals surface area contributed by atoms with Crippen molar-refractivity contribution in [3.8, 4) is 0 Å². The number of hydrogen-bond acceptors (Lipinski definition) is 1. The molecule has 6 heavy (non-hydrogen) atoms. The smallest absolute Gasteiger partial charge is 2.00 e. The van der Waals surface area contributed by atoms with Gasteiger partial charge in [0.25, 0.3) is 0 Å². The Balaban J connectivity index is 0. The fourth-order valence-corrected chi connectivity index (χ4v) is 0. The fraction of sp³-hybridized carbons (Fsp3) is 0. The Morgan fingerprint density at radius 1 is 0.833 bits per heavy atom. The molecule has 0 aromatic heterocycles. The Morgan fingerprint density at radius 2 is 0.833 bits per heavy atom. The van der Waals surface area contributed by atoms with Crippen molar-refractivity contribution in [2.45, 2.75) is 0 Å². The minimum Gasteiger partial charge on any atom is -2.00 e. The Morgan fingerprint density at radius 3 is 0.833 bits per heavy atom. The quantitative estimate of drug-likeness (QED) is 0.510. The Bertz CT molecular complexity index is 7.51. The van der Waals surface area contributed by atoms with Crippen LogP contribution in [0, 0.1) is 0 Å². The third-order valence-electron chi connectivity index (χ3n) is 0. The largest absolute Gasteiger partial charge is 5.00 e. The van der Waals surface area contributed by atoms with E-state index in [-0.39, 0.29) is 54.2 Å². The van der Waals surface area contributed by atoms with E-state index in [1.54, 1.807) is 0 Å². The summed E-state index contributed by atoms with van der Waals surface area (Å²) in [6.07, 6.45) is 0. The first kappa shape index (κ1) is 248. The summed E-state index contributed by atoms with van der Waals surface area (Å²) in [6.45, 7) is 0. The van der Waals surface area contributed by atoms with Crippen LogP contribution < -0.4 is 0 Å². The molecule has 40 valence electrons. The zero-order valence-electron chi connectivity index (χ0n) is 2.92. The molecule has 0 aliphatic heterocycles. The predicted octanol–water partition coefficient (Wildman–Crippen LogP) is -1.18. The van der Waals surface area contributed by atoms with Crippen molar-refractivity contribution < 1.29 is 44.3 Å². The van der Waals surface area contributed by atoms with Crippen molar-refractivity contribution in [1.82, 2.24) is 0 Å². The molecular formula is H6O4PTa. The molecule has 0 aliphatic carbocycles. The third-order valence-corrected chi connectivity index (χ3v) is 0. The molecule has 0 saturated carbocycles. The van der Waals surface area contributed by atoms with Gasteiger partial charge < -0.3 is 21.9 Å². The molecule has 4 nitrogen and oxygen atoms in total. The van der Waals surface area contributed by atoms with Crippen LogP contribution in [0.1, 0.15) is 0 Å². The van der Waals surface area contributed by atoms with Gasteiger partial charge in [-0.2, -0.15) is 9.90 Å². The van der Waals surface area contributed by atoms with E-state index < -0.39 is 0 Å². The Kier molecular flexibility index (Phi) is 6110. The molecule has 0 radical (unpaired) electrons. The molecule has 0 aliphatic rings. The van der Waals surface area contributed by atoms with Crippen molar-refractivity contribution in [2.75, 3.05) is 0 Å². The predicted molar refractivity (Wildman–Crippen MR) is 18.0 cm³/mol. The summed E-state index contributed by atoms with van der Waals surface area (Å²) in [5.74, 6) is 0. The molecule has 0 rings (SSSR count). The zero-order valence-corrected chi connectivity index (χ0v) is 7.55. The van der Waals surface area contributed by atoms with Gasteiger partial charge in [-0.25, -0.2) is 0 Å². The monoisotopic (exact) mass is 282 g/mol. The molecule has 0 aromatic rings. The standard InChI is InChI=1S/2H2O.2O.H3P.Ta/h2*1H2;;;1H3;/q;;2*-2;;+5/p-1. The van der Waals surface area contributed by atoms with Crippen LogP contribution in [0.5, 0.6) is 0 Å². The summed E-state index contributed by atoms with van der Waals surface area (Å²) in [5.41, 5.74) is 0. The van der Waals surface area contributed by atoms with Gasteiger partial charge in [0.2, 0.25) is 0 Å². The molecule has 3 N–H and O–H groups in total. The maximum Gasteiger partial charge on any atom is 5.00 e. The maximum absolute atomic E-state index is 0. The summed E-state index contributed by atoms with van der Waals surface area (Å²) in [7, 11) is 0. The molecule has 1 atom stereocenters. The van der Waals surface area contributed by atoms with Gasteiger partial charge in [0.15, 0.2) is 0 Å². The number of hydrogen-bond donors (Lipinski definition) is 0. The van der Waals surface area contributed by atoms with Crippen LogP contribution in [-0.4, -0.2) is 11.0 Å². The molecule has 1 unspecified atom stereocenters. The molecule has 0 heterocycles.